The highest BCUT2D eigenvalue weighted by Gasteiger charge is 2.59. The Morgan fingerprint density at radius 3 is 2.02 bits per heavy atom. The second-order valence-electron chi connectivity index (χ2n) is 18.6. The molecule has 56 heavy (non-hydrogen) atoms. The highest BCUT2D eigenvalue weighted by atomic mass is 16.7. The van der Waals surface area contributed by atoms with Crippen molar-refractivity contribution in [3.63, 3.8) is 0 Å². The van der Waals surface area contributed by atoms with Crippen molar-refractivity contribution in [3.05, 3.63) is 23.3 Å². The lowest BCUT2D eigenvalue weighted by Gasteiger charge is -2.54. The molecule has 11 N–H and O–H groups in total. The summed E-state index contributed by atoms with van der Waals surface area (Å²) in [6.45, 7) is 8.51. The maximum Gasteiger partial charge on any atom is 0.187 e. The maximum atomic E-state index is 12.1. The van der Waals surface area contributed by atoms with Gasteiger partial charge in [-0.15, -0.1) is 0 Å². The molecule has 15 nitrogen and oxygen atoms in total. The molecular formula is C41H68O15. The first-order valence-corrected chi connectivity index (χ1v) is 20.7. The number of ether oxygens (including phenoxy) is 4. The second kappa shape index (κ2) is 17.1. The molecule has 20 atom stereocenters. The monoisotopic (exact) mass is 800 g/mol. The van der Waals surface area contributed by atoms with E-state index in [0.29, 0.717) is 32.1 Å². The normalized spacial score (nSPS) is 47.6. The molecule has 0 aromatic carbocycles. The Hall–Kier alpha value is -1.12. The van der Waals surface area contributed by atoms with Gasteiger partial charge in [0.15, 0.2) is 12.6 Å². The Balaban J connectivity index is 1.13. The average Bonchev–Trinajstić information content (AvgIpc) is 3.44. The van der Waals surface area contributed by atoms with Crippen LogP contribution in [0.3, 0.4) is 0 Å². The van der Waals surface area contributed by atoms with Crippen molar-refractivity contribution in [2.24, 2.45) is 40.4 Å². The minimum atomic E-state index is -1.62. The van der Waals surface area contributed by atoms with Crippen molar-refractivity contribution in [1.82, 2.24) is 0 Å². The smallest absolute Gasteiger partial charge is 0.187 e. The first-order valence-electron chi connectivity index (χ1n) is 20.7. The fourth-order valence-corrected chi connectivity index (χ4v) is 11.5. The number of rotatable bonds is 13. The summed E-state index contributed by atoms with van der Waals surface area (Å²) in [6.07, 6.45) is -6.32. The van der Waals surface area contributed by atoms with E-state index in [2.05, 4.69) is 26.0 Å². The van der Waals surface area contributed by atoms with Gasteiger partial charge in [0.25, 0.3) is 0 Å². The highest BCUT2D eigenvalue weighted by Crippen LogP contribution is 2.65. The molecule has 1 unspecified atom stereocenters. The minimum absolute atomic E-state index is 0.0647. The third-order valence-corrected chi connectivity index (χ3v) is 15.3. The van der Waals surface area contributed by atoms with E-state index >= 15 is 0 Å². The fraction of sp³-hybridized carbons (Fsp3) is 0.902. The summed E-state index contributed by atoms with van der Waals surface area (Å²) in [5, 5.41) is 116. The van der Waals surface area contributed by atoms with Crippen LogP contribution in [0.15, 0.2) is 23.3 Å². The SMILES string of the molecule is CC(C)[C@](O)(CC[C@@H](CO)[C@H]1[C@H](O)C[C@H]2C3=CCC4C[C@@H](O[C@@H]5O[C@H](CO)[C@@H](O)[C@H](O)[C@H]5O)CC[C@]4(C)C3=CC[C@]12C)[C@@H](C)O[C@@H]1O[C@H](CO)[C@@H](O)[C@H](O)[C@H]1O. The van der Waals surface area contributed by atoms with Gasteiger partial charge in [-0.2, -0.15) is 0 Å². The van der Waals surface area contributed by atoms with E-state index in [-0.39, 0.29) is 59.6 Å². The summed E-state index contributed by atoms with van der Waals surface area (Å²) in [7, 11) is 0. The third kappa shape index (κ3) is 7.71. The average molecular weight is 801 g/mol. The van der Waals surface area contributed by atoms with Gasteiger partial charge in [0, 0.05) is 6.61 Å². The van der Waals surface area contributed by atoms with Gasteiger partial charge in [-0.3, -0.25) is 0 Å². The molecule has 2 saturated carbocycles. The van der Waals surface area contributed by atoms with E-state index in [1.807, 2.05) is 13.8 Å². The van der Waals surface area contributed by atoms with Gasteiger partial charge in [0.1, 0.15) is 48.8 Å². The van der Waals surface area contributed by atoms with Gasteiger partial charge < -0.3 is 75.1 Å². The quantitative estimate of drug-likeness (QED) is 0.114. The van der Waals surface area contributed by atoms with Crippen LogP contribution >= 0.6 is 0 Å². The van der Waals surface area contributed by atoms with E-state index in [0.717, 1.165) is 12.8 Å². The van der Waals surface area contributed by atoms with Crippen molar-refractivity contribution in [2.45, 2.75) is 171 Å². The van der Waals surface area contributed by atoms with Gasteiger partial charge in [0.05, 0.1) is 37.1 Å². The number of aliphatic hydroxyl groups excluding tert-OH is 10. The van der Waals surface area contributed by atoms with Crippen molar-refractivity contribution >= 4 is 0 Å². The van der Waals surface area contributed by atoms with Crippen molar-refractivity contribution in [3.8, 4) is 0 Å². The molecule has 0 bridgehead atoms. The Kier molecular flexibility index (Phi) is 13.6. The van der Waals surface area contributed by atoms with Crippen LogP contribution in [0.5, 0.6) is 0 Å². The lowest BCUT2D eigenvalue weighted by Crippen LogP contribution is -2.61. The largest absolute Gasteiger partial charge is 0.396 e. The maximum absolute atomic E-state index is 12.1. The molecule has 0 spiro atoms. The van der Waals surface area contributed by atoms with E-state index in [1.54, 1.807) is 6.92 Å². The molecule has 6 aliphatic rings. The molecular weight excluding hydrogens is 732 g/mol. The Labute approximate surface area is 329 Å². The van der Waals surface area contributed by atoms with Crippen LogP contribution in [0.2, 0.25) is 0 Å². The summed E-state index contributed by atoms with van der Waals surface area (Å²) in [5.74, 6) is -0.643. The van der Waals surface area contributed by atoms with Gasteiger partial charge in [-0.05, 0) is 110 Å². The van der Waals surface area contributed by atoms with Crippen molar-refractivity contribution in [1.29, 1.82) is 0 Å². The Bertz CT molecular complexity index is 1410. The molecule has 4 fully saturated rings. The number of hydrogen-bond acceptors (Lipinski definition) is 15. The predicted molar refractivity (Wildman–Crippen MR) is 199 cm³/mol. The molecule has 0 amide bonds. The molecule has 2 saturated heterocycles. The van der Waals surface area contributed by atoms with Crippen LogP contribution in [-0.4, -0.2) is 161 Å². The topological polar surface area (TPSA) is 259 Å². The summed E-state index contributed by atoms with van der Waals surface area (Å²) >= 11 is 0. The van der Waals surface area contributed by atoms with Crippen LogP contribution in [0.4, 0.5) is 0 Å². The van der Waals surface area contributed by atoms with Crippen molar-refractivity contribution in [2.75, 3.05) is 19.8 Å². The van der Waals surface area contributed by atoms with Gasteiger partial charge in [-0.25, -0.2) is 0 Å². The van der Waals surface area contributed by atoms with Crippen LogP contribution in [0.25, 0.3) is 0 Å². The molecule has 322 valence electrons. The van der Waals surface area contributed by atoms with Crippen LogP contribution in [0.1, 0.15) is 86.0 Å². The van der Waals surface area contributed by atoms with Gasteiger partial charge in [-0.1, -0.05) is 39.8 Å². The molecule has 6 rings (SSSR count). The lowest BCUT2D eigenvalue weighted by molar-refractivity contribution is -0.324. The molecule has 2 aliphatic heterocycles. The lowest BCUT2D eigenvalue weighted by atomic mass is 9.51. The van der Waals surface area contributed by atoms with E-state index in [4.69, 9.17) is 18.9 Å². The number of allylic oxidation sites excluding steroid dienone is 4. The fourth-order valence-electron chi connectivity index (χ4n) is 11.5. The second-order valence-corrected chi connectivity index (χ2v) is 18.6. The van der Waals surface area contributed by atoms with E-state index in [1.165, 1.54) is 11.1 Å². The Morgan fingerprint density at radius 2 is 1.43 bits per heavy atom. The predicted octanol–water partition coefficient (Wildman–Crippen LogP) is -0.378. The van der Waals surface area contributed by atoms with Crippen LogP contribution in [0, 0.1) is 40.4 Å². The van der Waals surface area contributed by atoms with E-state index < -0.39 is 92.4 Å². The number of hydrogen-bond donors (Lipinski definition) is 11. The standard InChI is InChI=1S/C41H68O15/c1-19(2)41(52,20(3)53-37-35(50)33(48)31(46)28(17-43)55-37)13-8-21(16-42)30-27(45)15-26-24-7-6-22-14-23(9-11-39(22,4)25(24)10-12-40(26,30)5)54-38-36(51)34(49)32(47)29(18-44)56-38/h7,10,19-23,26-38,42-52H,6,8-9,11-18H2,1-5H3/t20-,21+,22?,23+,26+,27-,28-,29-,30+,31-,32-,33+,34+,35-,36-,37-,38-,39+,40+,41-/m1/s1. The first kappa shape index (κ1) is 44.4. The third-order valence-electron chi connectivity index (χ3n) is 15.3. The van der Waals surface area contributed by atoms with Crippen molar-refractivity contribution < 1.29 is 75.1 Å². The highest BCUT2D eigenvalue weighted by molar-refractivity contribution is 5.46. The van der Waals surface area contributed by atoms with E-state index in [9.17, 15) is 56.2 Å². The summed E-state index contributed by atoms with van der Waals surface area (Å²) < 4.78 is 23.4. The van der Waals surface area contributed by atoms with Crippen LogP contribution < -0.4 is 0 Å². The summed E-state index contributed by atoms with van der Waals surface area (Å²) in [4.78, 5) is 0. The number of fused-ring (bicyclic) bond motifs is 5. The van der Waals surface area contributed by atoms with Gasteiger partial charge in [0.2, 0.25) is 0 Å². The summed E-state index contributed by atoms with van der Waals surface area (Å²) in [6, 6.07) is 0. The van der Waals surface area contributed by atoms with Crippen LogP contribution in [-0.2, 0) is 18.9 Å². The minimum Gasteiger partial charge on any atom is -0.396 e. The molecule has 15 heteroatoms. The summed E-state index contributed by atoms with van der Waals surface area (Å²) in [5.41, 5.74) is 0.582. The molecule has 0 radical (unpaired) electrons. The molecule has 0 aromatic heterocycles. The molecule has 4 aliphatic carbocycles. The molecule has 0 aromatic rings. The Morgan fingerprint density at radius 1 is 0.821 bits per heavy atom. The number of aliphatic hydroxyl groups is 11. The van der Waals surface area contributed by atoms with Gasteiger partial charge >= 0.3 is 0 Å². The zero-order chi connectivity index (χ0) is 41.1. The zero-order valence-corrected chi connectivity index (χ0v) is 33.4. The molecule has 2 heterocycles. The first-order chi connectivity index (χ1) is 26.4. The zero-order valence-electron chi connectivity index (χ0n) is 33.4.